The topological polar surface area (TPSA) is 55.6 Å². The lowest BCUT2D eigenvalue weighted by atomic mass is 9.74. The Bertz CT molecular complexity index is 800. The predicted molar refractivity (Wildman–Crippen MR) is 93.3 cm³/mol. The summed E-state index contributed by atoms with van der Waals surface area (Å²) < 4.78 is 19.2. The number of benzene rings is 2. The number of fused-ring (bicyclic) bond motifs is 3. The van der Waals surface area contributed by atoms with Gasteiger partial charge in [-0.1, -0.05) is 6.07 Å². The Morgan fingerprint density at radius 1 is 1.12 bits per heavy atom. The maximum atomic E-state index is 13.4. The Morgan fingerprint density at radius 2 is 1.88 bits per heavy atom. The second kappa shape index (κ2) is 6.48. The van der Waals surface area contributed by atoms with Gasteiger partial charge in [-0.25, -0.2) is 4.39 Å². The van der Waals surface area contributed by atoms with Crippen LogP contribution in [0.1, 0.15) is 34.7 Å². The molecule has 2 aromatic rings. The number of amides is 1. The molecule has 0 aliphatic carbocycles. The average molecular weight is 340 g/mol. The zero-order valence-electron chi connectivity index (χ0n) is 14.0. The van der Waals surface area contributed by atoms with Crippen LogP contribution in [0.4, 0.5) is 4.39 Å². The highest BCUT2D eigenvalue weighted by Crippen LogP contribution is 2.41. The van der Waals surface area contributed by atoms with E-state index < -0.39 is 5.91 Å². The minimum Gasteiger partial charge on any atom is -0.457 e. The summed E-state index contributed by atoms with van der Waals surface area (Å²) in [5.74, 6) is 1.15. The van der Waals surface area contributed by atoms with Gasteiger partial charge in [0.1, 0.15) is 17.3 Å². The van der Waals surface area contributed by atoms with E-state index in [0.717, 1.165) is 38.0 Å². The van der Waals surface area contributed by atoms with Crippen molar-refractivity contribution in [2.24, 2.45) is 11.7 Å². The molecule has 0 saturated carbocycles. The molecule has 1 atom stereocenters. The van der Waals surface area contributed by atoms with Crippen molar-refractivity contribution >= 4 is 5.91 Å². The molecule has 25 heavy (non-hydrogen) atoms. The normalized spacial score (nSPS) is 24.9. The fraction of sp³-hybridized carbons (Fsp3) is 0.350. The van der Waals surface area contributed by atoms with Gasteiger partial charge in [0.25, 0.3) is 0 Å². The van der Waals surface area contributed by atoms with Gasteiger partial charge in [0, 0.05) is 24.1 Å². The van der Waals surface area contributed by atoms with Crippen LogP contribution in [-0.4, -0.2) is 30.4 Å². The highest BCUT2D eigenvalue weighted by atomic mass is 19.1. The molecular formula is C20H21FN2O2. The summed E-state index contributed by atoms with van der Waals surface area (Å²) in [6.45, 7) is 3.22. The van der Waals surface area contributed by atoms with Gasteiger partial charge < -0.3 is 15.4 Å². The number of nitrogens with zero attached hydrogens (tertiary/aromatic N) is 1. The fourth-order valence-corrected chi connectivity index (χ4v) is 4.12. The van der Waals surface area contributed by atoms with Crippen LogP contribution in [0.2, 0.25) is 0 Å². The number of nitrogens with two attached hydrogens (primary N) is 1. The molecule has 3 saturated heterocycles. The molecule has 130 valence electrons. The summed E-state index contributed by atoms with van der Waals surface area (Å²) in [6, 6.07) is 11.4. The van der Waals surface area contributed by atoms with E-state index >= 15 is 0 Å². The number of carbonyl (C=O) groups is 1. The molecule has 1 amide bonds. The van der Waals surface area contributed by atoms with Gasteiger partial charge in [-0.05, 0) is 67.7 Å². The summed E-state index contributed by atoms with van der Waals surface area (Å²) in [7, 11) is 0. The standard InChI is InChI=1S/C20H21FN2O2/c21-14-2-1-3-15(10-14)25-16-4-5-17(20(22)24)18(11-16)19-12-23-8-6-13(19)7-9-23/h1-5,10-11,13,19H,6-9,12H2,(H2,22,24). The van der Waals surface area contributed by atoms with Crippen LogP contribution in [-0.2, 0) is 0 Å². The molecule has 5 heteroatoms. The maximum absolute atomic E-state index is 13.4. The first-order chi connectivity index (χ1) is 12.1. The largest absolute Gasteiger partial charge is 0.457 e. The highest BCUT2D eigenvalue weighted by Gasteiger charge is 2.36. The van der Waals surface area contributed by atoms with Crippen LogP contribution < -0.4 is 10.5 Å². The summed E-state index contributed by atoms with van der Waals surface area (Å²) in [4.78, 5) is 14.3. The lowest BCUT2D eigenvalue weighted by Crippen LogP contribution is -2.46. The summed E-state index contributed by atoms with van der Waals surface area (Å²) in [6.07, 6.45) is 2.30. The molecule has 3 fully saturated rings. The third kappa shape index (κ3) is 3.24. The van der Waals surface area contributed by atoms with Gasteiger partial charge in [0.05, 0.1) is 0 Å². The molecule has 3 aliphatic rings. The number of hydrogen-bond acceptors (Lipinski definition) is 3. The van der Waals surface area contributed by atoms with E-state index in [4.69, 9.17) is 10.5 Å². The molecule has 0 aromatic heterocycles. The molecule has 5 rings (SSSR count). The molecule has 4 nitrogen and oxygen atoms in total. The minimum absolute atomic E-state index is 0.293. The average Bonchev–Trinajstić information content (AvgIpc) is 2.62. The van der Waals surface area contributed by atoms with Gasteiger partial charge in [-0.15, -0.1) is 0 Å². The Hall–Kier alpha value is -2.40. The monoisotopic (exact) mass is 340 g/mol. The number of ether oxygens (including phenoxy) is 1. The Kier molecular flexibility index (Phi) is 4.17. The van der Waals surface area contributed by atoms with E-state index in [9.17, 15) is 9.18 Å². The van der Waals surface area contributed by atoms with Crippen LogP contribution in [0.25, 0.3) is 0 Å². The van der Waals surface area contributed by atoms with Crippen LogP contribution in [0.15, 0.2) is 42.5 Å². The molecule has 3 aliphatic heterocycles. The SMILES string of the molecule is NC(=O)c1ccc(Oc2cccc(F)c2)cc1C1CN2CCC1CC2. The Balaban J connectivity index is 1.67. The minimum atomic E-state index is -0.413. The Labute approximate surface area is 146 Å². The van der Waals surface area contributed by atoms with Gasteiger partial charge in [-0.2, -0.15) is 0 Å². The third-order valence-electron chi connectivity index (χ3n) is 5.38. The van der Waals surface area contributed by atoms with Gasteiger partial charge in [0.2, 0.25) is 5.91 Å². The number of piperidine rings is 3. The summed E-state index contributed by atoms with van der Waals surface area (Å²) in [5.41, 5.74) is 7.11. The van der Waals surface area contributed by atoms with Crippen molar-refractivity contribution in [3.05, 3.63) is 59.4 Å². The number of halogens is 1. The molecule has 2 bridgehead atoms. The third-order valence-corrected chi connectivity index (χ3v) is 5.38. The Morgan fingerprint density at radius 3 is 2.52 bits per heavy atom. The first-order valence-electron chi connectivity index (χ1n) is 8.69. The van der Waals surface area contributed by atoms with Crippen LogP contribution in [0, 0.1) is 11.7 Å². The van der Waals surface area contributed by atoms with Crippen molar-refractivity contribution in [1.29, 1.82) is 0 Å². The molecule has 2 N–H and O–H groups in total. The van der Waals surface area contributed by atoms with Crippen molar-refractivity contribution < 1.29 is 13.9 Å². The number of primary amides is 1. The van der Waals surface area contributed by atoms with E-state index in [-0.39, 0.29) is 5.82 Å². The second-order valence-corrected chi connectivity index (χ2v) is 6.92. The highest BCUT2D eigenvalue weighted by molar-refractivity contribution is 5.94. The van der Waals surface area contributed by atoms with Crippen LogP contribution >= 0.6 is 0 Å². The van der Waals surface area contributed by atoms with E-state index in [2.05, 4.69) is 4.90 Å². The predicted octanol–water partition coefficient (Wildman–Crippen LogP) is 3.53. The van der Waals surface area contributed by atoms with Crippen molar-refractivity contribution in [3.8, 4) is 11.5 Å². The van der Waals surface area contributed by atoms with Crippen molar-refractivity contribution in [2.75, 3.05) is 19.6 Å². The molecule has 2 aromatic carbocycles. The first-order valence-corrected chi connectivity index (χ1v) is 8.69. The van der Waals surface area contributed by atoms with E-state index in [1.165, 1.54) is 12.1 Å². The molecule has 0 radical (unpaired) electrons. The lowest BCUT2D eigenvalue weighted by Gasteiger charge is -2.45. The number of hydrogen-bond donors (Lipinski definition) is 1. The zero-order chi connectivity index (χ0) is 17.4. The van der Waals surface area contributed by atoms with Crippen LogP contribution in [0.5, 0.6) is 11.5 Å². The molecule has 0 spiro atoms. The first kappa shape index (κ1) is 16.1. The molecule has 3 heterocycles. The lowest BCUT2D eigenvalue weighted by molar-refractivity contribution is 0.0855. The quantitative estimate of drug-likeness (QED) is 0.926. The van der Waals surface area contributed by atoms with Crippen molar-refractivity contribution in [3.63, 3.8) is 0 Å². The van der Waals surface area contributed by atoms with Gasteiger partial charge in [-0.3, -0.25) is 4.79 Å². The number of carbonyl (C=O) groups excluding carboxylic acids is 1. The van der Waals surface area contributed by atoms with E-state index in [0.29, 0.717) is 28.9 Å². The van der Waals surface area contributed by atoms with Gasteiger partial charge in [0.15, 0.2) is 0 Å². The molecular weight excluding hydrogens is 319 g/mol. The second-order valence-electron chi connectivity index (χ2n) is 6.92. The summed E-state index contributed by atoms with van der Waals surface area (Å²) in [5, 5.41) is 0. The van der Waals surface area contributed by atoms with E-state index in [1.807, 2.05) is 6.07 Å². The number of rotatable bonds is 4. The molecule has 1 unspecified atom stereocenters. The maximum Gasteiger partial charge on any atom is 0.248 e. The smallest absolute Gasteiger partial charge is 0.248 e. The van der Waals surface area contributed by atoms with Crippen LogP contribution in [0.3, 0.4) is 0 Å². The zero-order valence-corrected chi connectivity index (χ0v) is 14.0. The summed E-state index contributed by atoms with van der Waals surface area (Å²) >= 11 is 0. The van der Waals surface area contributed by atoms with Crippen molar-refractivity contribution in [2.45, 2.75) is 18.8 Å². The van der Waals surface area contributed by atoms with Crippen molar-refractivity contribution in [1.82, 2.24) is 4.90 Å². The fourth-order valence-electron chi connectivity index (χ4n) is 4.12. The van der Waals surface area contributed by atoms with E-state index in [1.54, 1.807) is 24.3 Å². The van der Waals surface area contributed by atoms with Gasteiger partial charge >= 0.3 is 0 Å².